The number of halogens is 1. The molecule has 1 aliphatic heterocycles. The number of carbonyl (C=O) groups excluding carboxylic acids is 2. The fraction of sp³-hybridized carbons (Fsp3) is 0.353. The van der Waals surface area contributed by atoms with Crippen molar-refractivity contribution in [3.63, 3.8) is 0 Å². The second-order valence-electron chi connectivity index (χ2n) is 5.80. The van der Waals surface area contributed by atoms with Gasteiger partial charge in [-0.3, -0.25) is 9.59 Å². The summed E-state index contributed by atoms with van der Waals surface area (Å²) in [6.07, 6.45) is 6.40. The van der Waals surface area contributed by atoms with Gasteiger partial charge in [-0.15, -0.1) is 0 Å². The monoisotopic (exact) mass is 346 g/mol. The van der Waals surface area contributed by atoms with Crippen LogP contribution < -0.4 is 10.2 Å². The molecule has 2 aromatic rings. The molecule has 6 nitrogen and oxygen atoms in total. The third-order valence-electron chi connectivity index (χ3n) is 4.09. The van der Waals surface area contributed by atoms with Crippen LogP contribution in [0.3, 0.4) is 0 Å². The lowest BCUT2D eigenvalue weighted by molar-refractivity contribution is -0.126. The summed E-state index contributed by atoms with van der Waals surface area (Å²) in [4.78, 5) is 30.0. The van der Waals surface area contributed by atoms with Crippen molar-refractivity contribution in [3.8, 4) is 0 Å². The molecule has 1 saturated heterocycles. The number of para-hydroxylation sites is 1. The van der Waals surface area contributed by atoms with Crippen LogP contribution in [0.5, 0.6) is 0 Å². The summed E-state index contributed by atoms with van der Waals surface area (Å²) in [5.41, 5.74) is 0.666. The van der Waals surface area contributed by atoms with Gasteiger partial charge in [-0.2, -0.15) is 0 Å². The molecule has 3 rings (SSSR count). The number of hydrogen-bond donors (Lipinski definition) is 1. The van der Waals surface area contributed by atoms with Crippen molar-refractivity contribution in [2.45, 2.75) is 19.4 Å². The topological polar surface area (TPSA) is 67.2 Å². The van der Waals surface area contributed by atoms with Crippen LogP contribution in [0, 0.1) is 5.92 Å². The van der Waals surface area contributed by atoms with Crippen molar-refractivity contribution < 1.29 is 9.59 Å². The van der Waals surface area contributed by atoms with Gasteiger partial charge in [-0.25, -0.2) is 4.98 Å². The molecular weight excluding hydrogens is 328 g/mol. The largest absolute Gasteiger partial charge is 0.356 e. The number of aryl methyl sites for hydroxylation is 1. The Balaban J connectivity index is 1.50. The van der Waals surface area contributed by atoms with Gasteiger partial charge in [-0.1, -0.05) is 23.7 Å². The van der Waals surface area contributed by atoms with E-state index in [1.807, 2.05) is 22.9 Å². The Morgan fingerprint density at radius 1 is 1.38 bits per heavy atom. The molecule has 0 bridgehead atoms. The Morgan fingerprint density at radius 3 is 2.96 bits per heavy atom. The second-order valence-corrected chi connectivity index (χ2v) is 6.21. The molecule has 1 atom stereocenters. The number of imidazole rings is 1. The molecule has 1 aliphatic rings. The molecule has 1 aromatic carbocycles. The number of carbonyl (C=O) groups is 2. The standard InChI is InChI=1S/C17H19ClN4O2/c18-14-4-1-2-5-15(14)22-11-13(10-16(22)23)17(24)20-6-3-8-21-9-7-19-12-21/h1-2,4-5,7,9,12-13H,3,6,8,10-11H2,(H,20,24)/t13-/m1/s1. The lowest BCUT2D eigenvalue weighted by atomic mass is 10.1. The molecule has 0 saturated carbocycles. The van der Waals surface area contributed by atoms with Crippen LogP contribution in [-0.4, -0.2) is 34.5 Å². The highest BCUT2D eigenvalue weighted by Gasteiger charge is 2.35. The molecular formula is C17H19ClN4O2. The Bertz CT molecular complexity index is 717. The third-order valence-corrected chi connectivity index (χ3v) is 4.41. The summed E-state index contributed by atoms with van der Waals surface area (Å²) in [5.74, 6) is -0.479. The summed E-state index contributed by atoms with van der Waals surface area (Å²) in [6, 6.07) is 7.19. The maximum atomic E-state index is 12.3. The highest BCUT2D eigenvalue weighted by molar-refractivity contribution is 6.33. The van der Waals surface area contributed by atoms with Crippen molar-refractivity contribution in [2.75, 3.05) is 18.0 Å². The van der Waals surface area contributed by atoms with E-state index in [4.69, 9.17) is 11.6 Å². The smallest absolute Gasteiger partial charge is 0.227 e. The average molecular weight is 347 g/mol. The summed E-state index contributed by atoms with van der Waals surface area (Å²) in [6.45, 7) is 1.75. The quantitative estimate of drug-likeness (QED) is 0.814. The highest BCUT2D eigenvalue weighted by atomic mass is 35.5. The van der Waals surface area contributed by atoms with Gasteiger partial charge in [0.05, 0.1) is 23.0 Å². The molecule has 1 aromatic heterocycles. The van der Waals surface area contributed by atoms with Crippen LogP contribution in [0.4, 0.5) is 5.69 Å². The fourth-order valence-corrected chi connectivity index (χ4v) is 3.06. The second kappa shape index (κ2) is 7.49. The van der Waals surface area contributed by atoms with Crippen LogP contribution in [0.25, 0.3) is 0 Å². The highest BCUT2D eigenvalue weighted by Crippen LogP contribution is 2.30. The van der Waals surface area contributed by atoms with E-state index in [0.29, 0.717) is 23.8 Å². The molecule has 0 radical (unpaired) electrons. The van der Waals surface area contributed by atoms with Crippen LogP contribution in [0.15, 0.2) is 43.0 Å². The molecule has 126 valence electrons. The van der Waals surface area contributed by atoms with Crippen LogP contribution in [0.2, 0.25) is 5.02 Å². The number of amides is 2. The number of benzene rings is 1. The van der Waals surface area contributed by atoms with E-state index in [2.05, 4.69) is 10.3 Å². The van der Waals surface area contributed by atoms with Crippen molar-refractivity contribution in [1.29, 1.82) is 0 Å². The van der Waals surface area contributed by atoms with Crippen molar-refractivity contribution in [3.05, 3.63) is 48.0 Å². The van der Waals surface area contributed by atoms with E-state index in [-0.39, 0.29) is 24.2 Å². The van der Waals surface area contributed by atoms with Gasteiger partial charge >= 0.3 is 0 Å². The van der Waals surface area contributed by atoms with Crippen molar-refractivity contribution in [1.82, 2.24) is 14.9 Å². The van der Waals surface area contributed by atoms with Gasteiger partial charge in [0.1, 0.15) is 0 Å². The number of anilines is 1. The number of aromatic nitrogens is 2. The average Bonchev–Trinajstić information content (AvgIpc) is 3.22. The predicted octanol–water partition coefficient (Wildman–Crippen LogP) is 2.10. The normalized spacial score (nSPS) is 17.3. The van der Waals surface area contributed by atoms with Crippen molar-refractivity contribution >= 4 is 29.1 Å². The molecule has 0 unspecified atom stereocenters. The maximum Gasteiger partial charge on any atom is 0.227 e. The first-order chi connectivity index (χ1) is 11.6. The molecule has 7 heteroatoms. The Kier molecular flexibility index (Phi) is 5.15. The van der Waals surface area contributed by atoms with Crippen LogP contribution in [-0.2, 0) is 16.1 Å². The predicted molar refractivity (Wildman–Crippen MR) is 91.8 cm³/mol. The minimum atomic E-state index is -0.331. The number of nitrogens with zero attached hydrogens (tertiary/aromatic N) is 3. The third kappa shape index (κ3) is 3.76. The van der Waals surface area contributed by atoms with Gasteiger partial charge in [0.2, 0.25) is 11.8 Å². The van der Waals surface area contributed by atoms with E-state index in [0.717, 1.165) is 13.0 Å². The summed E-state index contributed by atoms with van der Waals surface area (Å²) < 4.78 is 1.96. The van der Waals surface area contributed by atoms with Crippen LogP contribution >= 0.6 is 11.6 Å². The fourth-order valence-electron chi connectivity index (χ4n) is 2.82. The molecule has 1 fully saturated rings. The minimum absolute atomic E-state index is 0.0679. The zero-order chi connectivity index (χ0) is 16.9. The van der Waals surface area contributed by atoms with E-state index in [9.17, 15) is 9.59 Å². The van der Waals surface area contributed by atoms with Gasteiger partial charge in [-0.05, 0) is 18.6 Å². The SMILES string of the molecule is O=C(NCCCn1ccnc1)[C@@H]1CC(=O)N(c2ccccc2Cl)C1. The first-order valence-corrected chi connectivity index (χ1v) is 8.31. The lowest BCUT2D eigenvalue weighted by Crippen LogP contribution is -2.33. The lowest BCUT2D eigenvalue weighted by Gasteiger charge is -2.18. The molecule has 1 N–H and O–H groups in total. The Hall–Kier alpha value is -2.34. The first-order valence-electron chi connectivity index (χ1n) is 7.93. The van der Waals surface area contributed by atoms with Gasteiger partial charge in [0.15, 0.2) is 0 Å². The molecule has 0 aliphatic carbocycles. The summed E-state index contributed by atoms with van der Waals surface area (Å²) in [5, 5.41) is 3.43. The van der Waals surface area contributed by atoms with Crippen molar-refractivity contribution in [2.24, 2.45) is 5.92 Å². The Labute approximate surface area is 145 Å². The van der Waals surface area contributed by atoms with Gasteiger partial charge in [0.25, 0.3) is 0 Å². The van der Waals surface area contributed by atoms with Crippen LogP contribution in [0.1, 0.15) is 12.8 Å². The molecule has 24 heavy (non-hydrogen) atoms. The van der Waals surface area contributed by atoms with E-state index in [1.54, 1.807) is 29.6 Å². The van der Waals surface area contributed by atoms with Gasteiger partial charge < -0.3 is 14.8 Å². The number of nitrogens with one attached hydrogen (secondary N) is 1. The van der Waals surface area contributed by atoms with E-state index < -0.39 is 0 Å². The van der Waals surface area contributed by atoms with E-state index in [1.165, 1.54) is 0 Å². The first kappa shape index (κ1) is 16.5. The van der Waals surface area contributed by atoms with E-state index >= 15 is 0 Å². The maximum absolute atomic E-state index is 12.3. The Morgan fingerprint density at radius 2 is 2.21 bits per heavy atom. The summed E-state index contributed by atoms with van der Waals surface area (Å²) >= 11 is 6.15. The minimum Gasteiger partial charge on any atom is -0.356 e. The molecule has 0 spiro atoms. The zero-order valence-corrected chi connectivity index (χ0v) is 13.9. The summed E-state index contributed by atoms with van der Waals surface area (Å²) in [7, 11) is 0. The number of hydrogen-bond acceptors (Lipinski definition) is 3. The number of rotatable bonds is 6. The molecule has 2 amide bonds. The molecule has 2 heterocycles. The van der Waals surface area contributed by atoms with Gasteiger partial charge in [0, 0.05) is 38.4 Å². The zero-order valence-electron chi connectivity index (χ0n) is 13.2.